The summed E-state index contributed by atoms with van der Waals surface area (Å²) in [6, 6.07) is 20.3. The second-order valence-electron chi connectivity index (χ2n) is 6.15. The predicted octanol–water partition coefficient (Wildman–Crippen LogP) is 4.70. The Morgan fingerprint density at radius 3 is 2.41 bits per heavy atom. The van der Waals surface area contributed by atoms with Crippen molar-refractivity contribution in [2.45, 2.75) is 0 Å². The molecule has 27 heavy (non-hydrogen) atoms. The maximum absolute atomic E-state index is 13.2. The molecular weight excluding hydrogens is 362 g/mol. The van der Waals surface area contributed by atoms with Gasteiger partial charge in [-0.05, 0) is 30.3 Å². The van der Waals surface area contributed by atoms with Crippen LogP contribution in [0.4, 0.5) is 0 Å². The molecule has 0 radical (unpaired) electrons. The van der Waals surface area contributed by atoms with Crippen molar-refractivity contribution in [1.82, 2.24) is 0 Å². The molecule has 0 spiro atoms. The predicted molar refractivity (Wildman–Crippen MR) is 106 cm³/mol. The van der Waals surface area contributed by atoms with Crippen molar-refractivity contribution in [3.8, 4) is 11.5 Å². The fraction of sp³-hybridized carbons (Fsp3) is 0.0909. The fourth-order valence-corrected chi connectivity index (χ4v) is 3.46. The van der Waals surface area contributed by atoms with Crippen LogP contribution in [0.5, 0.6) is 11.5 Å². The third-order valence-electron chi connectivity index (χ3n) is 4.61. The monoisotopic (exact) mass is 378 g/mol. The molecule has 4 aromatic rings. The molecule has 1 aromatic heterocycles. The van der Waals surface area contributed by atoms with Crippen LogP contribution in [-0.2, 0) is 7.05 Å². The van der Waals surface area contributed by atoms with Crippen LogP contribution < -0.4 is 14.0 Å². The molecule has 1 heterocycles. The molecule has 0 unspecified atom stereocenters. The first-order valence-corrected chi connectivity index (χ1v) is 8.83. The number of benzene rings is 3. The smallest absolute Gasteiger partial charge is 0.345 e. The highest BCUT2D eigenvalue weighted by Crippen LogP contribution is 2.30. The largest absolute Gasteiger partial charge is 0.497 e. The van der Waals surface area contributed by atoms with Gasteiger partial charge in [-0.2, -0.15) is 4.57 Å². The molecule has 0 aliphatic carbocycles. The van der Waals surface area contributed by atoms with E-state index in [1.807, 2.05) is 49.5 Å². The number of aromatic nitrogens is 1. The van der Waals surface area contributed by atoms with E-state index in [9.17, 15) is 4.79 Å². The topological polar surface area (TPSA) is 39.4 Å². The molecule has 0 N–H and O–H groups in total. The van der Waals surface area contributed by atoms with E-state index in [4.69, 9.17) is 21.1 Å². The maximum atomic E-state index is 13.2. The van der Waals surface area contributed by atoms with Gasteiger partial charge in [0.05, 0.1) is 28.5 Å². The number of rotatable bonds is 3. The lowest BCUT2D eigenvalue weighted by atomic mass is 10.0. The number of fused-ring (bicyclic) bond motifs is 2. The van der Waals surface area contributed by atoms with Crippen molar-refractivity contribution in [3.63, 3.8) is 0 Å². The zero-order chi connectivity index (χ0) is 19.0. The molecule has 0 atom stereocenters. The highest BCUT2D eigenvalue weighted by Gasteiger charge is 2.24. The minimum Gasteiger partial charge on any atom is -0.497 e. The Bertz CT molecular complexity index is 1190. The molecular formula is C22H17ClNO3+. The van der Waals surface area contributed by atoms with Crippen LogP contribution in [0.1, 0.15) is 10.4 Å². The van der Waals surface area contributed by atoms with E-state index in [1.165, 1.54) is 0 Å². The number of pyridine rings is 1. The lowest BCUT2D eigenvalue weighted by Gasteiger charge is -2.11. The second-order valence-corrected chi connectivity index (χ2v) is 6.56. The number of carbonyl (C=O) groups is 1. The van der Waals surface area contributed by atoms with Gasteiger partial charge in [0, 0.05) is 12.1 Å². The van der Waals surface area contributed by atoms with Crippen LogP contribution in [0.2, 0.25) is 5.02 Å². The lowest BCUT2D eigenvalue weighted by Crippen LogP contribution is -2.31. The number of methoxy groups -OCH3 is 1. The number of hydrogen-bond acceptors (Lipinski definition) is 3. The minimum atomic E-state index is -0.460. The molecule has 5 heteroatoms. The minimum absolute atomic E-state index is 0.331. The van der Waals surface area contributed by atoms with Crippen LogP contribution in [0.3, 0.4) is 0 Å². The number of ether oxygens (including phenoxy) is 2. The zero-order valence-corrected chi connectivity index (χ0v) is 15.7. The van der Waals surface area contributed by atoms with E-state index < -0.39 is 5.97 Å². The van der Waals surface area contributed by atoms with E-state index in [-0.39, 0.29) is 0 Å². The van der Waals surface area contributed by atoms with Gasteiger partial charge < -0.3 is 9.47 Å². The van der Waals surface area contributed by atoms with Crippen LogP contribution in [0, 0.1) is 0 Å². The average molecular weight is 379 g/mol. The molecule has 0 bridgehead atoms. The lowest BCUT2D eigenvalue weighted by molar-refractivity contribution is -0.617. The molecule has 3 aromatic carbocycles. The number of aryl methyl sites for hydroxylation is 1. The summed E-state index contributed by atoms with van der Waals surface area (Å²) in [5.41, 5.74) is 2.32. The van der Waals surface area contributed by atoms with E-state index in [0.717, 1.165) is 21.8 Å². The Morgan fingerprint density at radius 2 is 1.63 bits per heavy atom. The first-order valence-electron chi connectivity index (χ1n) is 8.45. The first kappa shape index (κ1) is 17.3. The molecule has 134 valence electrons. The van der Waals surface area contributed by atoms with Gasteiger partial charge in [-0.25, -0.2) is 4.79 Å². The number of halogens is 1. The SMILES string of the molecule is COc1ccc2c(c1)c(C(=O)Oc1ccccc1Cl)c1ccccc1[n+]2C. The van der Waals surface area contributed by atoms with Crippen molar-refractivity contribution >= 4 is 39.4 Å². The van der Waals surface area contributed by atoms with E-state index in [1.54, 1.807) is 31.4 Å². The van der Waals surface area contributed by atoms with Crippen molar-refractivity contribution in [1.29, 1.82) is 0 Å². The van der Waals surface area contributed by atoms with Gasteiger partial charge in [-0.3, -0.25) is 0 Å². The highest BCUT2D eigenvalue weighted by molar-refractivity contribution is 6.32. The van der Waals surface area contributed by atoms with Gasteiger partial charge in [0.2, 0.25) is 11.0 Å². The number of hydrogen-bond donors (Lipinski definition) is 0. The third kappa shape index (κ3) is 2.98. The average Bonchev–Trinajstić information content (AvgIpc) is 2.69. The third-order valence-corrected chi connectivity index (χ3v) is 4.92. The Morgan fingerprint density at radius 1 is 0.926 bits per heavy atom. The van der Waals surface area contributed by atoms with Gasteiger partial charge in [0.15, 0.2) is 0 Å². The van der Waals surface area contributed by atoms with Crippen molar-refractivity contribution in [2.75, 3.05) is 7.11 Å². The number of esters is 1. The molecule has 4 nitrogen and oxygen atoms in total. The van der Waals surface area contributed by atoms with Gasteiger partial charge in [0.1, 0.15) is 18.5 Å². The van der Waals surface area contributed by atoms with Crippen LogP contribution in [0.25, 0.3) is 21.8 Å². The first-order chi connectivity index (χ1) is 13.1. The Hall–Kier alpha value is -3.11. The normalized spacial score (nSPS) is 10.9. The summed E-state index contributed by atoms with van der Waals surface area (Å²) in [5.74, 6) is 0.542. The van der Waals surface area contributed by atoms with Gasteiger partial charge in [-0.1, -0.05) is 35.9 Å². The summed E-state index contributed by atoms with van der Waals surface area (Å²) in [6.07, 6.45) is 0. The number of nitrogens with zero attached hydrogens (tertiary/aromatic N) is 1. The summed E-state index contributed by atoms with van der Waals surface area (Å²) >= 11 is 6.16. The molecule has 0 aliphatic rings. The standard InChI is InChI=1S/C22H17ClNO3/c1-24-18-9-5-3-7-15(18)21(16-13-14(26-2)11-12-19(16)24)22(25)27-20-10-6-4-8-17(20)23/h3-13H,1-2H3/q+1. The molecule has 0 fully saturated rings. The quantitative estimate of drug-likeness (QED) is 0.224. The van der Waals surface area contributed by atoms with E-state index in [0.29, 0.717) is 22.1 Å². The Kier molecular flexibility index (Phi) is 4.42. The second kappa shape index (κ2) is 6.89. The number of para-hydroxylation sites is 2. The Labute approximate surface area is 161 Å². The van der Waals surface area contributed by atoms with Crippen molar-refractivity contribution in [2.24, 2.45) is 7.05 Å². The molecule has 4 rings (SSSR count). The van der Waals surface area contributed by atoms with Crippen molar-refractivity contribution < 1.29 is 18.8 Å². The summed E-state index contributed by atoms with van der Waals surface area (Å²) in [6.45, 7) is 0. The molecule has 0 aliphatic heterocycles. The summed E-state index contributed by atoms with van der Waals surface area (Å²) < 4.78 is 13.1. The van der Waals surface area contributed by atoms with Gasteiger partial charge >= 0.3 is 5.97 Å². The summed E-state index contributed by atoms with van der Waals surface area (Å²) in [5, 5.41) is 1.95. The molecule has 0 amide bonds. The van der Waals surface area contributed by atoms with E-state index >= 15 is 0 Å². The van der Waals surface area contributed by atoms with Crippen molar-refractivity contribution in [3.05, 3.63) is 77.3 Å². The van der Waals surface area contributed by atoms with E-state index in [2.05, 4.69) is 4.57 Å². The van der Waals surface area contributed by atoms with Gasteiger partial charge in [0.25, 0.3) is 0 Å². The molecule has 0 saturated heterocycles. The van der Waals surface area contributed by atoms with Crippen LogP contribution >= 0.6 is 11.6 Å². The van der Waals surface area contributed by atoms with Gasteiger partial charge in [-0.15, -0.1) is 0 Å². The highest BCUT2D eigenvalue weighted by atomic mass is 35.5. The fourth-order valence-electron chi connectivity index (χ4n) is 3.29. The summed E-state index contributed by atoms with van der Waals surface area (Å²) in [7, 11) is 3.57. The van der Waals surface area contributed by atoms with Crippen LogP contribution in [-0.4, -0.2) is 13.1 Å². The zero-order valence-electron chi connectivity index (χ0n) is 14.9. The molecule has 0 saturated carbocycles. The van der Waals surface area contributed by atoms with Crippen LogP contribution in [0.15, 0.2) is 66.7 Å². The maximum Gasteiger partial charge on any atom is 0.345 e. The Balaban J connectivity index is 2.00. The number of carbonyl (C=O) groups excluding carboxylic acids is 1. The summed E-state index contributed by atoms with van der Waals surface area (Å²) in [4.78, 5) is 13.2.